The van der Waals surface area contributed by atoms with Gasteiger partial charge in [-0.2, -0.15) is 0 Å². The maximum Gasteiger partial charge on any atom is 0.257 e. The number of pyridine rings is 1. The van der Waals surface area contributed by atoms with Crippen LogP contribution in [0.1, 0.15) is 18.5 Å². The van der Waals surface area contributed by atoms with E-state index < -0.39 is 11.4 Å². The van der Waals surface area contributed by atoms with Gasteiger partial charge < -0.3 is 10.7 Å². The van der Waals surface area contributed by atoms with Crippen LogP contribution in [0.2, 0.25) is 5.15 Å². The largest absolute Gasteiger partial charge is 0.324 e. The third-order valence-corrected chi connectivity index (χ3v) is 2.62. The first kappa shape index (κ1) is 11.1. The minimum Gasteiger partial charge on any atom is -0.324 e. The van der Waals surface area contributed by atoms with Gasteiger partial charge in [0, 0.05) is 6.04 Å². The highest BCUT2D eigenvalue weighted by Gasteiger charge is 2.11. The number of nitrogens with two attached hydrogens (primary N) is 1. The Balaban J connectivity index is 2.95. The summed E-state index contributed by atoms with van der Waals surface area (Å²) in [5.41, 5.74) is 5.89. The van der Waals surface area contributed by atoms with Crippen LogP contribution in [0.15, 0.2) is 23.0 Å². The van der Waals surface area contributed by atoms with Gasteiger partial charge in [0.2, 0.25) is 0 Å². The number of hydrogen-bond acceptors (Lipinski definition) is 2. The zero-order valence-electron chi connectivity index (χ0n) is 8.55. The Labute approximate surface area is 96.0 Å². The van der Waals surface area contributed by atoms with E-state index in [0.717, 1.165) is 0 Å². The van der Waals surface area contributed by atoms with E-state index in [1.165, 1.54) is 12.1 Å². The van der Waals surface area contributed by atoms with Crippen LogP contribution in [0.5, 0.6) is 0 Å². The van der Waals surface area contributed by atoms with Crippen molar-refractivity contribution in [3.8, 4) is 0 Å². The number of aromatic nitrogens is 1. The van der Waals surface area contributed by atoms with Crippen molar-refractivity contribution in [3.05, 3.63) is 45.1 Å². The van der Waals surface area contributed by atoms with Gasteiger partial charge in [-0.15, -0.1) is 0 Å². The van der Waals surface area contributed by atoms with E-state index in [2.05, 4.69) is 4.98 Å². The summed E-state index contributed by atoms with van der Waals surface area (Å²) in [6.45, 7) is 1.73. The lowest BCUT2D eigenvalue weighted by Gasteiger charge is -2.10. The van der Waals surface area contributed by atoms with Gasteiger partial charge in [-0.1, -0.05) is 11.6 Å². The number of halogens is 2. The van der Waals surface area contributed by atoms with Crippen molar-refractivity contribution in [2.75, 3.05) is 0 Å². The average Bonchev–Trinajstić information content (AvgIpc) is 2.18. The van der Waals surface area contributed by atoms with Crippen LogP contribution in [0.25, 0.3) is 10.8 Å². The molecule has 2 rings (SSSR count). The number of rotatable bonds is 1. The smallest absolute Gasteiger partial charge is 0.257 e. The van der Waals surface area contributed by atoms with Crippen LogP contribution < -0.4 is 11.3 Å². The van der Waals surface area contributed by atoms with Crippen molar-refractivity contribution in [2.24, 2.45) is 5.73 Å². The Bertz CT molecular complexity index is 607. The number of nitrogens with one attached hydrogen (secondary N) is 1. The molecule has 0 aliphatic heterocycles. The van der Waals surface area contributed by atoms with Crippen molar-refractivity contribution < 1.29 is 4.39 Å². The van der Waals surface area contributed by atoms with Gasteiger partial charge in [-0.05, 0) is 36.1 Å². The fraction of sp³-hybridized carbons (Fsp3) is 0.182. The molecule has 1 aromatic heterocycles. The zero-order valence-corrected chi connectivity index (χ0v) is 9.31. The molecule has 0 fully saturated rings. The second kappa shape index (κ2) is 3.88. The maximum absolute atomic E-state index is 13.3. The van der Waals surface area contributed by atoms with Gasteiger partial charge in [0.15, 0.2) is 0 Å². The molecule has 3 nitrogen and oxygen atoms in total. The molecular formula is C11H10ClFN2O. The normalized spacial score (nSPS) is 13.0. The second-order valence-corrected chi connectivity index (χ2v) is 4.10. The lowest BCUT2D eigenvalue weighted by atomic mass is 10.0. The minimum absolute atomic E-state index is 0.214. The highest BCUT2D eigenvalue weighted by molar-refractivity contribution is 6.30. The van der Waals surface area contributed by atoms with E-state index >= 15 is 0 Å². The second-order valence-electron chi connectivity index (χ2n) is 3.69. The van der Waals surface area contributed by atoms with Gasteiger partial charge in [-0.3, -0.25) is 4.79 Å². The topological polar surface area (TPSA) is 58.9 Å². The maximum atomic E-state index is 13.3. The van der Waals surface area contributed by atoms with Crippen LogP contribution in [-0.4, -0.2) is 4.98 Å². The summed E-state index contributed by atoms with van der Waals surface area (Å²) in [7, 11) is 0. The van der Waals surface area contributed by atoms with E-state index in [0.29, 0.717) is 10.9 Å². The van der Waals surface area contributed by atoms with Gasteiger partial charge >= 0.3 is 0 Å². The Kier molecular flexibility index (Phi) is 2.69. The van der Waals surface area contributed by atoms with Gasteiger partial charge in [0.05, 0.1) is 5.39 Å². The summed E-state index contributed by atoms with van der Waals surface area (Å²) in [5, 5.41) is 1.06. The summed E-state index contributed by atoms with van der Waals surface area (Å²) in [5.74, 6) is -0.479. The number of benzene rings is 1. The molecule has 0 aliphatic carbocycles. The van der Waals surface area contributed by atoms with E-state index in [-0.39, 0.29) is 16.6 Å². The quantitative estimate of drug-likeness (QED) is 0.752. The minimum atomic E-state index is -0.479. The first-order valence-corrected chi connectivity index (χ1v) is 5.14. The molecule has 0 unspecified atom stereocenters. The van der Waals surface area contributed by atoms with Crippen molar-refractivity contribution in [2.45, 2.75) is 13.0 Å². The molecule has 1 atom stereocenters. The summed E-state index contributed by atoms with van der Waals surface area (Å²) >= 11 is 5.75. The summed E-state index contributed by atoms with van der Waals surface area (Å²) in [6.07, 6.45) is 0. The predicted molar refractivity (Wildman–Crippen MR) is 62.1 cm³/mol. The van der Waals surface area contributed by atoms with E-state index in [1.807, 2.05) is 0 Å². The molecule has 0 saturated heterocycles. The summed E-state index contributed by atoms with van der Waals surface area (Å²) in [4.78, 5) is 14.0. The van der Waals surface area contributed by atoms with Gasteiger partial charge in [-0.25, -0.2) is 4.39 Å². The van der Waals surface area contributed by atoms with E-state index in [1.54, 1.807) is 13.0 Å². The van der Waals surface area contributed by atoms with Crippen molar-refractivity contribution in [1.29, 1.82) is 0 Å². The zero-order chi connectivity index (χ0) is 11.9. The molecule has 0 radical (unpaired) electrons. The number of hydrogen-bond donors (Lipinski definition) is 2. The monoisotopic (exact) mass is 240 g/mol. The summed E-state index contributed by atoms with van der Waals surface area (Å²) in [6, 6.07) is 3.71. The van der Waals surface area contributed by atoms with Crippen molar-refractivity contribution >= 4 is 22.4 Å². The van der Waals surface area contributed by atoms with Crippen LogP contribution in [0.4, 0.5) is 4.39 Å². The van der Waals surface area contributed by atoms with Gasteiger partial charge in [0.25, 0.3) is 5.56 Å². The highest BCUT2D eigenvalue weighted by Crippen LogP contribution is 2.24. The number of H-pyrrole nitrogens is 1. The lowest BCUT2D eigenvalue weighted by Crippen LogP contribution is -2.11. The molecule has 1 heterocycles. The first-order chi connectivity index (χ1) is 7.49. The Hall–Kier alpha value is -1.39. The molecule has 0 bridgehead atoms. The number of fused-ring (bicyclic) bond motifs is 1. The summed E-state index contributed by atoms with van der Waals surface area (Å²) < 4.78 is 13.3. The van der Waals surface area contributed by atoms with Crippen LogP contribution in [-0.2, 0) is 0 Å². The van der Waals surface area contributed by atoms with E-state index in [9.17, 15) is 9.18 Å². The molecule has 2 aromatic rings. The molecule has 3 N–H and O–H groups in total. The Morgan fingerprint density at radius 1 is 1.38 bits per heavy atom. The van der Waals surface area contributed by atoms with Crippen LogP contribution in [0.3, 0.4) is 0 Å². The third kappa shape index (κ3) is 1.81. The lowest BCUT2D eigenvalue weighted by molar-refractivity contribution is 0.625. The van der Waals surface area contributed by atoms with Crippen molar-refractivity contribution in [3.63, 3.8) is 0 Å². The number of aromatic amines is 1. The highest BCUT2D eigenvalue weighted by atomic mass is 35.5. The standard InChI is InChI=1S/C11H10ClFN2O/c1-5(14)7-2-6(13)3-9-8(7)4-10(12)15-11(9)16/h2-5H,14H2,1H3,(H,15,16)/t5-/m1/s1. The fourth-order valence-corrected chi connectivity index (χ4v) is 1.90. The van der Waals surface area contributed by atoms with E-state index in [4.69, 9.17) is 17.3 Å². The molecule has 0 amide bonds. The van der Waals surface area contributed by atoms with Crippen molar-refractivity contribution in [1.82, 2.24) is 4.98 Å². The SMILES string of the molecule is C[C@@H](N)c1cc(F)cc2c(=O)[nH]c(Cl)cc12. The average molecular weight is 241 g/mol. The Morgan fingerprint density at radius 3 is 2.69 bits per heavy atom. The third-order valence-electron chi connectivity index (χ3n) is 2.42. The molecule has 84 valence electrons. The fourth-order valence-electron chi connectivity index (χ4n) is 1.70. The molecule has 0 aliphatic rings. The molecule has 0 saturated carbocycles. The molecule has 1 aromatic carbocycles. The van der Waals surface area contributed by atoms with Crippen LogP contribution >= 0.6 is 11.6 Å². The van der Waals surface area contributed by atoms with Crippen LogP contribution in [0, 0.1) is 5.82 Å². The first-order valence-electron chi connectivity index (χ1n) is 4.76. The molecule has 0 spiro atoms. The predicted octanol–water partition coefficient (Wildman–Crippen LogP) is 2.34. The molecular weight excluding hydrogens is 231 g/mol. The van der Waals surface area contributed by atoms with Gasteiger partial charge in [0.1, 0.15) is 11.0 Å². The Morgan fingerprint density at radius 2 is 2.06 bits per heavy atom. The molecule has 16 heavy (non-hydrogen) atoms. The molecule has 5 heteroatoms.